The van der Waals surface area contributed by atoms with Gasteiger partial charge in [0.1, 0.15) is 5.75 Å². The van der Waals surface area contributed by atoms with E-state index < -0.39 is 5.91 Å². The first-order chi connectivity index (χ1) is 13.7. The maximum Gasteiger partial charge on any atom is 0.302 e. The summed E-state index contributed by atoms with van der Waals surface area (Å²) in [4.78, 5) is 15.1. The summed E-state index contributed by atoms with van der Waals surface area (Å²) in [5.74, 6) is 0.224. The molecule has 0 radical (unpaired) electrons. The third-order valence-corrected chi connectivity index (χ3v) is 6.32. The lowest BCUT2D eigenvalue weighted by Crippen LogP contribution is -2.11. The van der Waals surface area contributed by atoms with Gasteiger partial charge < -0.3 is 14.8 Å². The van der Waals surface area contributed by atoms with Gasteiger partial charge >= 0.3 is 5.91 Å². The number of ether oxygens (including phenoxy) is 1. The van der Waals surface area contributed by atoms with Gasteiger partial charge in [-0.2, -0.15) is 0 Å². The van der Waals surface area contributed by atoms with Crippen molar-refractivity contribution in [3.8, 4) is 11.6 Å². The van der Waals surface area contributed by atoms with E-state index >= 15 is 0 Å². The number of halogens is 2. The van der Waals surface area contributed by atoms with Crippen LogP contribution < -0.4 is 4.74 Å². The van der Waals surface area contributed by atoms with Gasteiger partial charge in [-0.05, 0) is 93.2 Å². The highest BCUT2D eigenvalue weighted by Gasteiger charge is 2.17. The average molecular weight is 570 g/mol. The second kappa shape index (κ2) is 8.83. The third-order valence-electron chi connectivity index (χ3n) is 4.69. The Balaban J connectivity index is 1.80. The molecule has 8 heteroatoms. The summed E-state index contributed by atoms with van der Waals surface area (Å²) in [6.07, 6.45) is 0. The number of H-pyrrole nitrogens is 1. The molecule has 6 nitrogen and oxygen atoms in total. The largest absolute Gasteiger partial charge is 0.493 e. The van der Waals surface area contributed by atoms with Crippen LogP contribution in [0.4, 0.5) is 5.69 Å². The molecule has 0 bridgehead atoms. The average Bonchev–Trinajstić information content (AvgIpc) is 2.97. The number of carbonyl (C=O) groups excluding carboxylic acids is 1. The van der Waals surface area contributed by atoms with E-state index in [1.54, 1.807) is 0 Å². The number of amides is 1. The Morgan fingerprint density at radius 3 is 2.72 bits per heavy atom. The van der Waals surface area contributed by atoms with Crippen molar-refractivity contribution in [3.05, 3.63) is 49.0 Å². The number of aromatic amines is 1. The maximum atomic E-state index is 12.3. The molecule has 0 aliphatic carbocycles. The molecule has 2 N–H and O–H groups in total. The van der Waals surface area contributed by atoms with Crippen molar-refractivity contribution in [1.82, 2.24) is 4.98 Å². The number of hydrogen-bond acceptors (Lipinski definition) is 4. The number of benzene rings is 2. The Hall–Kier alpha value is -1.94. The number of azo groups is 1. The lowest BCUT2D eigenvalue weighted by Gasteiger charge is -2.18. The van der Waals surface area contributed by atoms with Gasteiger partial charge in [0.05, 0.1) is 9.99 Å². The SMILES string of the molecule is Cc1cc(C(C)C)c(OCC(=O)N=Nc2c(O)[nH]c3ccc(I)cc23)c(Br)c1C. The summed E-state index contributed by atoms with van der Waals surface area (Å²) < 4.78 is 7.64. The van der Waals surface area contributed by atoms with Gasteiger partial charge in [-0.1, -0.05) is 19.9 Å². The number of rotatable bonds is 5. The zero-order valence-corrected chi connectivity index (χ0v) is 20.3. The van der Waals surface area contributed by atoms with Gasteiger partial charge in [-0.15, -0.1) is 10.2 Å². The lowest BCUT2D eigenvalue weighted by molar-refractivity contribution is -0.120. The fourth-order valence-electron chi connectivity index (χ4n) is 2.96. The summed E-state index contributed by atoms with van der Waals surface area (Å²) in [6, 6.07) is 7.69. The molecule has 1 aromatic heterocycles. The Morgan fingerprint density at radius 1 is 1.31 bits per heavy atom. The molecule has 29 heavy (non-hydrogen) atoms. The monoisotopic (exact) mass is 569 g/mol. The Bertz CT molecular complexity index is 1120. The van der Waals surface area contributed by atoms with Crippen molar-refractivity contribution >= 4 is 61.0 Å². The second-order valence-corrected chi connectivity index (χ2v) is 9.14. The summed E-state index contributed by atoms with van der Waals surface area (Å²) in [5.41, 5.74) is 4.21. The molecule has 0 atom stereocenters. The molecule has 3 aromatic rings. The van der Waals surface area contributed by atoms with Crippen LogP contribution in [0.25, 0.3) is 10.9 Å². The molecule has 0 unspecified atom stereocenters. The minimum atomic E-state index is -0.538. The summed E-state index contributed by atoms with van der Waals surface area (Å²) in [5, 5.41) is 18.5. The van der Waals surface area contributed by atoms with Crippen LogP contribution in [0, 0.1) is 17.4 Å². The van der Waals surface area contributed by atoms with Gasteiger partial charge in [-0.3, -0.25) is 4.79 Å². The van der Waals surface area contributed by atoms with Crippen LogP contribution in [-0.4, -0.2) is 22.6 Å². The van der Waals surface area contributed by atoms with Crippen LogP contribution in [-0.2, 0) is 4.79 Å². The van der Waals surface area contributed by atoms with Crippen LogP contribution in [0.1, 0.15) is 36.5 Å². The molecule has 2 aromatic carbocycles. The predicted octanol–water partition coefficient (Wildman–Crippen LogP) is 6.67. The van der Waals surface area contributed by atoms with Crippen molar-refractivity contribution in [2.75, 3.05) is 6.61 Å². The minimum Gasteiger partial charge on any atom is -0.493 e. The summed E-state index contributed by atoms with van der Waals surface area (Å²) in [6.45, 7) is 7.95. The van der Waals surface area contributed by atoms with Gasteiger partial charge in [0.25, 0.3) is 0 Å². The number of aromatic nitrogens is 1. The standard InChI is InChI=1S/C21H21BrIN3O3/c1-10(2)14-7-11(3)12(4)18(22)20(14)29-9-17(27)25-26-19-15-8-13(23)5-6-16(15)24-21(19)28/h5-8,10,24,28H,9H2,1-4H3. The maximum absolute atomic E-state index is 12.3. The number of nitrogens with one attached hydrogen (secondary N) is 1. The number of hydrogen-bond donors (Lipinski definition) is 2. The number of nitrogens with zero attached hydrogens (tertiary/aromatic N) is 2. The van der Waals surface area contributed by atoms with Crippen LogP contribution in [0.3, 0.4) is 0 Å². The van der Waals surface area contributed by atoms with E-state index in [0.717, 1.165) is 30.2 Å². The molecule has 3 rings (SSSR count). The molecule has 0 fully saturated rings. The van der Waals surface area contributed by atoms with Crippen LogP contribution in [0.2, 0.25) is 0 Å². The summed E-state index contributed by atoms with van der Waals surface area (Å²) in [7, 11) is 0. The van der Waals surface area contributed by atoms with E-state index in [-0.39, 0.29) is 24.1 Å². The van der Waals surface area contributed by atoms with Crippen molar-refractivity contribution in [2.45, 2.75) is 33.6 Å². The van der Waals surface area contributed by atoms with Gasteiger partial charge in [0, 0.05) is 8.96 Å². The van der Waals surface area contributed by atoms with Crippen molar-refractivity contribution in [3.63, 3.8) is 0 Å². The van der Waals surface area contributed by atoms with E-state index in [0.29, 0.717) is 11.1 Å². The summed E-state index contributed by atoms with van der Waals surface area (Å²) >= 11 is 5.76. The van der Waals surface area contributed by atoms with E-state index in [1.807, 2.05) is 32.0 Å². The van der Waals surface area contributed by atoms with E-state index in [2.05, 4.69) is 73.6 Å². The number of carbonyl (C=O) groups is 1. The third kappa shape index (κ3) is 4.63. The van der Waals surface area contributed by atoms with Gasteiger partial charge in [0.2, 0.25) is 5.88 Å². The zero-order valence-electron chi connectivity index (χ0n) is 16.5. The Labute approximate surface area is 191 Å². The quantitative estimate of drug-likeness (QED) is 0.266. The highest BCUT2D eigenvalue weighted by Crippen LogP contribution is 2.38. The zero-order chi connectivity index (χ0) is 21.3. The molecular formula is C21H21BrIN3O3. The van der Waals surface area contributed by atoms with E-state index in [1.165, 1.54) is 0 Å². The highest BCUT2D eigenvalue weighted by molar-refractivity contribution is 14.1. The van der Waals surface area contributed by atoms with E-state index in [4.69, 9.17) is 4.74 Å². The smallest absolute Gasteiger partial charge is 0.302 e. The second-order valence-electron chi connectivity index (χ2n) is 7.10. The predicted molar refractivity (Wildman–Crippen MR) is 125 cm³/mol. The van der Waals surface area contributed by atoms with Crippen molar-refractivity contribution in [2.24, 2.45) is 10.2 Å². The van der Waals surface area contributed by atoms with Crippen LogP contribution >= 0.6 is 38.5 Å². The van der Waals surface area contributed by atoms with Crippen molar-refractivity contribution < 1.29 is 14.6 Å². The van der Waals surface area contributed by atoms with Gasteiger partial charge in [-0.25, -0.2) is 0 Å². The molecule has 0 saturated heterocycles. The lowest BCUT2D eigenvalue weighted by atomic mass is 9.97. The first-order valence-corrected chi connectivity index (χ1v) is 10.9. The molecule has 0 aliphatic rings. The van der Waals surface area contributed by atoms with E-state index in [9.17, 15) is 9.90 Å². The normalized spacial score (nSPS) is 11.7. The molecule has 0 saturated carbocycles. The molecule has 0 spiro atoms. The molecule has 152 valence electrons. The first kappa shape index (κ1) is 21.8. The Kier molecular flexibility index (Phi) is 6.62. The molecule has 1 amide bonds. The molecular weight excluding hydrogens is 549 g/mol. The van der Waals surface area contributed by atoms with Crippen LogP contribution in [0.5, 0.6) is 11.6 Å². The topological polar surface area (TPSA) is 87.0 Å². The van der Waals surface area contributed by atoms with Gasteiger partial charge in [0.15, 0.2) is 12.3 Å². The van der Waals surface area contributed by atoms with Crippen LogP contribution in [0.15, 0.2) is 39.0 Å². The number of fused-ring (bicyclic) bond motifs is 1. The molecule has 1 heterocycles. The highest BCUT2D eigenvalue weighted by atomic mass is 127. The number of aryl methyl sites for hydroxylation is 1. The van der Waals surface area contributed by atoms with Crippen molar-refractivity contribution in [1.29, 1.82) is 0 Å². The molecule has 0 aliphatic heterocycles. The number of aromatic hydroxyl groups is 1. The first-order valence-electron chi connectivity index (χ1n) is 9.06. The Morgan fingerprint density at radius 2 is 2.03 bits per heavy atom. The fraction of sp³-hybridized carbons (Fsp3) is 0.286. The minimum absolute atomic E-state index is 0.126. The fourth-order valence-corrected chi connectivity index (χ4v) is 4.11.